The summed E-state index contributed by atoms with van der Waals surface area (Å²) in [4.78, 5) is 5.51. The van der Waals surface area contributed by atoms with E-state index in [9.17, 15) is 0 Å². The van der Waals surface area contributed by atoms with E-state index in [4.69, 9.17) is 0 Å². The van der Waals surface area contributed by atoms with Gasteiger partial charge in [-0.2, -0.15) is 4.57 Å². The van der Waals surface area contributed by atoms with Crippen molar-refractivity contribution in [2.75, 3.05) is 0 Å². The summed E-state index contributed by atoms with van der Waals surface area (Å²) in [6.45, 7) is 0.982. The predicted octanol–water partition coefficient (Wildman–Crippen LogP) is 2.87. The van der Waals surface area contributed by atoms with Crippen molar-refractivity contribution in [2.24, 2.45) is 0 Å². The summed E-state index contributed by atoms with van der Waals surface area (Å²) in [7, 11) is 0. The second kappa shape index (κ2) is 3.22. The largest absolute Gasteiger partial charge is 0.286 e. The average Bonchev–Trinajstić information content (AvgIpc) is 3.07. The molecule has 1 aliphatic heterocycles. The first-order valence-electron chi connectivity index (χ1n) is 6.27. The van der Waals surface area contributed by atoms with Gasteiger partial charge in [-0.25, -0.2) is 4.98 Å². The van der Waals surface area contributed by atoms with Gasteiger partial charge in [0.25, 0.3) is 5.01 Å². The molecular weight excluding hydrogens is 254 g/mol. The molecule has 0 saturated carbocycles. The third kappa shape index (κ3) is 1.12. The van der Waals surface area contributed by atoms with Crippen LogP contribution in [0, 0.1) is 0 Å². The molecule has 0 unspecified atom stereocenters. The minimum absolute atomic E-state index is 0.982. The van der Waals surface area contributed by atoms with Crippen molar-refractivity contribution in [1.29, 1.82) is 0 Å². The first kappa shape index (κ1) is 9.69. The molecule has 90 valence electrons. The van der Waals surface area contributed by atoms with Gasteiger partial charge in [0, 0.05) is 17.8 Å². The van der Waals surface area contributed by atoms with Crippen LogP contribution in [0.4, 0.5) is 0 Å². The summed E-state index contributed by atoms with van der Waals surface area (Å²) in [6, 6.07) is 13.0. The summed E-state index contributed by atoms with van der Waals surface area (Å²) < 4.78 is 4.59. The molecule has 1 aromatic carbocycles. The Kier molecular flexibility index (Phi) is 1.64. The summed E-state index contributed by atoms with van der Waals surface area (Å²) >= 11 is 1.85. The molecular formula is C15H10N3S+. The highest BCUT2D eigenvalue weighted by Crippen LogP contribution is 2.36. The number of fused-ring (bicyclic) bond motifs is 7. The zero-order valence-electron chi connectivity index (χ0n) is 10.1. The standard InChI is InChI=1S/C15H10N3S/c1-2-4-12-10(3-1)8-17-13-7-11-5-6-16-9-18(11)15(13)19-14(12)17/h1-7,9H,8H2/q+1. The topological polar surface area (TPSA) is 21.2 Å². The fourth-order valence-corrected chi connectivity index (χ4v) is 4.22. The van der Waals surface area contributed by atoms with E-state index < -0.39 is 0 Å². The normalized spacial score (nSPS) is 13.1. The van der Waals surface area contributed by atoms with Crippen LogP contribution in [0.15, 0.2) is 48.9 Å². The maximum absolute atomic E-state index is 4.22. The van der Waals surface area contributed by atoms with Crippen molar-refractivity contribution in [3.8, 4) is 10.6 Å². The smallest absolute Gasteiger partial charge is 0.272 e. The van der Waals surface area contributed by atoms with Gasteiger partial charge in [-0.15, -0.1) is 0 Å². The van der Waals surface area contributed by atoms with E-state index in [1.165, 1.54) is 32.0 Å². The van der Waals surface area contributed by atoms with Gasteiger partial charge in [-0.3, -0.25) is 4.40 Å². The van der Waals surface area contributed by atoms with Crippen LogP contribution in [0.3, 0.4) is 0 Å². The quantitative estimate of drug-likeness (QED) is 0.394. The van der Waals surface area contributed by atoms with Gasteiger partial charge in [0.1, 0.15) is 6.33 Å². The lowest BCUT2D eigenvalue weighted by Crippen LogP contribution is -2.29. The Labute approximate surface area is 113 Å². The molecule has 0 radical (unpaired) electrons. The Morgan fingerprint density at radius 3 is 3.16 bits per heavy atom. The molecule has 4 heteroatoms. The number of thiazole rings is 1. The zero-order valence-corrected chi connectivity index (χ0v) is 10.9. The Bertz CT molecular complexity index is 949. The summed E-state index contributed by atoms with van der Waals surface area (Å²) in [5.74, 6) is 0. The van der Waals surface area contributed by atoms with E-state index in [2.05, 4.69) is 50.3 Å². The van der Waals surface area contributed by atoms with E-state index >= 15 is 0 Å². The van der Waals surface area contributed by atoms with E-state index in [-0.39, 0.29) is 0 Å². The zero-order chi connectivity index (χ0) is 12.4. The van der Waals surface area contributed by atoms with E-state index in [1.807, 2.05) is 23.9 Å². The Hall–Kier alpha value is -2.20. The van der Waals surface area contributed by atoms with Crippen molar-refractivity contribution in [3.05, 3.63) is 54.5 Å². The Morgan fingerprint density at radius 1 is 1.21 bits per heavy atom. The Balaban J connectivity index is 1.93. The average molecular weight is 264 g/mol. The van der Waals surface area contributed by atoms with Crippen LogP contribution >= 0.6 is 11.3 Å². The van der Waals surface area contributed by atoms with Crippen molar-refractivity contribution < 1.29 is 4.57 Å². The molecule has 5 rings (SSSR count). The van der Waals surface area contributed by atoms with Crippen LogP contribution in [0.5, 0.6) is 0 Å². The fraction of sp³-hybridized carbons (Fsp3) is 0.0667. The fourth-order valence-electron chi connectivity index (χ4n) is 2.93. The molecule has 0 atom stereocenters. The number of nitrogens with zero attached hydrogens (tertiary/aromatic N) is 3. The lowest BCUT2D eigenvalue weighted by Gasteiger charge is -1.91. The summed E-state index contributed by atoms with van der Waals surface area (Å²) in [5, 5.41) is 1.36. The predicted molar refractivity (Wildman–Crippen MR) is 75.3 cm³/mol. The minimum atomic E-state index is 0.982. The van der Waals surface area contributed by atoms with Gasteiger partial charge >= 0.3 is 0 Å². The first-order chi connectivity index (χ1) is 9.42. The van der Waals surface area contributed by atoms with Crippen LogP contribution in [-0.2, 0) is 6.54 Å². The number of hydrogen-bond donors (Lipinski definition) is 0. The van der Waals surface area contributed by atoms with Crippen molar-refractivity contribution >= 4 is 27.2 Å². The van der Waals surface area contributed by atoms with Crippen LogP contribution in [0.25, 0.3) is 26.4 Å². The minimum Gasteiger partial charge on any atom is -0.286 e. The highest BCUT2D eigenvalue weighted by molar-refractivity contribution is 7.20. The highest BCUT2D eigenvalue weighted by Gasteiger charge is 2.32. The Morgan fingerprint density at radius 2 is 2.16 bits per heavy atom. The van der Waals surface area contributed by atoms with Gasteiger partial charge in [-0.05, 0) is 23.5 Å². The lowest BCUT2D eigenvalue weighted by atomic mass is 10.1. The number of aromatic nitrogens is 3. The molecule has 0 fully saturated rings. The van der Waals surface area contributed by atoms with Gasteiger partial charge < -0.3 is 0 Å². The molecule has 3 aromatic heterocycles. The first-order valence-corrected chi connectivity index (χ1v) is 7.09. The maximum Gasteiger partial charge on any atom is 0.272 e. The molecule has 19 heavy (non-hydrogen) atoms. The molecule has 4 aromatic rings. The van der Waals surface area contributed by atoms with Crippen LogP contribution in [0.1, 0.15) is 5.56 Å². The molecule has 0 amide bonds. The molecule has 0 spiro atoms. The highest BCUT2D eigenvalue weighted by atomic mass is 32.1. The number of hydrogen-bond acceptors (Lipinski definition) is 2. The van der Waals surface area contributed by atoms with Gasteiger partial charge in [0.2, 0.25) is 5.52 Å². The number of benzene rings is 1. The summed E-state index contributed by atoms with van der Waals surface area (Å²) in [6.07, 6.45) is 3.74. The van der Waals surface area contributed by atoms with E-state index in [0.717, 1.165) is 6.54 Å². The van der Waals surface area contributed by atoms with Gasteiger partial charge in [-0.1, -0.05) is 18.2 Å². The molecule has 1 aliphatic rings. The lowest BCUT2D eigenvalue weighted by molar-refractivity contribution is -0.641. The van der Waals surface area contributed by atoms with Crippen molar-refractivity contribution in [3.63, 3.8) is 0 Å². The maximum atomic E-state index is 4.22. The molecule has 0 saturated heterocycles. The SMILES string of the molecule is c1ccc2c(c1)C[n+]1c-2sc2c1cc1ccncn12. The van der Waals surface area contributed by atoms with E-state index in [1.54, 1.807) is 0 Å². The second-order valence-electron chi connectivity index (χ2n) is 4.86. The third-order valence-corrected chi connectivity index (χ3v) is 5.05. The van der Waals surface area contributed by atoms with Crippen molar-refractivity contribution in [2.45, 2.75) is 6.54 Å². The second-order valence-corrected chi connectivity index (χ2v) is 5.84. The molecule has 0 N–H and O–H groups in total. The molecule has 0 bridgehead atoms. The van der Waals surface area contributed by atoms with Crippen LogP contribution in [-0.4, -0.2) is 9.38 Å². The van der Waals surface area contributed by atoms with E-state index in [0.29, 0.717) is 0 Å². The molecule has 4 heterocycles. The van der Waals surface area contributed by atoms with Crippen LogP contribution in [0.2, 0.25) is 0 Å². The molecule has 0 aliphatic carbocycles. The van der Waals surface area contributed by atoms with Gasteiger partial charge in [0.05, 0.1) is 11.1 Å². The summed E-state index contributed by atoms with van der Waals surface area (Å²) in [5.41, 5.74) is 5.32. The van der Waals surface area contributed by atoms with Gasteiger partial charge in [0.15, 0.2) is 11.4 Å². The monoisotopic (exact) mass is 264 g/mol. The molecule has 3 nitrogen and oxygen atoms in total. The van der Waals surface area contributed by atoms with Crippen molar-refractivity contribution in [1.82, 2.24) is 9.38 Å². The van der Waals surface area contributed by atoms with Crippen LogP contribution < -0.4 is 4.57 Å². The number of rotatable bonds is 0. The third-order valence-electron chi connectivity index (χ3n) is 3.82.